The summed E-state index contributed by atoms with van der Waals surface area (Å²) in [6.07, 6.45) is 3.30. The molecule has 1 aromatic carbocycles. The molecule has 27 heavy (non-hydrogen) atoms. The van der Waals surface area contributed by atoms with Gasteiger partial charge in [-0.2, -0.15) is 0 Å². The molecule has 154 valence electrons. The van der Waals surface area contributed by atoms with Gasteiger partial charge in [-0.05, 0) is 31.4 Å². The van der Waals surface area contributed by atoms with Gasteiger partial charge < -0.3 is 19.7 Å². The van der Waals surface area contributed by atoms with Gasteiger partial charge in [0.1, 0.15) is 5.82 Å². The molecule has 1 heterocycles. The van der Waals surface area contributed by atoms with E-state index in [1.807, 2.05) is 12.1 Å². The summed E-state index contributed by atoms with van der Waals surface area (Å²) < 4.78 is 24.5. The molecule has 0 aromatic heterocycles. The molecule has 0 spiro atoms. The minimum absolute atomic E-state index is 0. The third kappa shape index (κ3) is 8.97. The molecule has 1 aliphatic rings. The number of hydrogen-bond donors (Lipinski definition) is 1. The van der Waals surface area contributed by atoms with Crippen LogP contribution in [0.2, 0.25) is 0 Å². The molecule has 0 saturated carbocycles. The van der Waals surface area contributed by atoms with E-state index in [-0.39, 0.29) is 29.8 Å². The number of ether oxygens (including phenoxy) is 2. The first-order valence-electron chi connectivity index (χ1n) is 9.18. The molecule has 0 amide bonds. The standard InChI is InChI=1S/C19H30FN3O2S.HI/c1-21-19(22-10-15-26-18-7-4-3-6-17(18)20)23-11-8-16(9-12-23)25-14-5-13-24-2;/h3-4,6-7,16H,5,8-15H2,1-2H3,(H,21,22);1H. The Morgan fingerprint density at radius 3 is 2.70 bits per heavy atom. The molecule has 0 atom stereocenters. The second-order valence-corrected chi connectivity index (χ2v) is 7.29. The monoisotopic (exact) mass is 511 g/mol. The Kier molecular flexibility index (Phi) is 13.1. The summed E-state index contributed by atoms with van der Waals surface area (Å²) in [5.74, 6) is 1.55. The maximum atomic E-state index is 13.6. The highest BCUT2D eigenvalue weighted by Gasteiger charge is 2.21. The van der Waals surface area contributed by atoms with Gasteiger partial charge >= 0.3 is 0 Å². The van der Waals surface area contributed by atoms with E-state index in [1.165, 1.54) is 17.8 Å². The Morgan fingerprint density at radius 2 is 2.04 bits per heavy atom. The van der Waals surface area contributed by atoms with Crippen LogP contribution in [0.5, 0.6) is 0 Å². The van der Waals surface area contributed by atoms with Crippen molar-refractivity contribution >= 4 is 41.7 Å². The van der Waals surface area contributed by atoms with E-state index in [0.29, 0.717) is 11.0 Å². The van der Waals surface area contributed by atoms with E-state index < -0.39 is 0 Å². The highest BCUT2D eigenvalue weighted by Crippen LogP contribution is 2.20. The number of guanidine groups is 1. The maximum absolute atomic E-state index is 13.6. The zero-order valence-corrected chi connectivity index (χ0v) is 19.3. The number of thioether (sulfide) groups is 1. The Bertz CT molecular complexity index is 558. The van der Waals surface area contributed by atoms with E-state index >= 15 is 0 Å². The largest absolute Gasteiger partial charge is 0.385 e. The molecule has 1 aromatic rings. The number of rotatable bonds is 9. The number of benzene rings is 1. The van der Waals surface area contributed by atoms with Gasteiger partial charge in [0.15, 0.2) is 5.96 Å². The van der Waals surface area contributed by atoms with Gasteiger partial charge in [0.25, 0.3) is 0 Å². The molecule has 1 aliphatic heterocycles. The normalized spacial score (nSPS) is 15.5. The fraction of sp³-hybridized carbons (Fsp3) is 0.632. The zero-order chi connectivity index (χ0) is 18.6. The van der Waals surface area contributed by atoms with Crippen molar-refractivity contribution in [3.8, 4) is 0 Å². The van der Waals surface area contributed by atoms with Crippen LogP contribution in [0.1, 0.15) is 19.3 Å². The van der Waals surface area contributed by atoms with Crippen LogP contribution < -0.4 is 5.32 Å². The van der Waals surface area contributed by atoms with E-state index in [4.69, 9.17) is 9.47 Å². The molecular formula is C19H31FIN3O2S. The number of hydrogen-bond acceptors (Lipinski definition) is 4. The molecule has 2 rings (SSSR count). The van der Waals surface area contributed by atoms with Crippen molar-refractivity contribution in [2.75, 3.05) is 52.8 Å². The molecular weight excluding hydrogens is 480 g/mol. The summed E-state index contributed by atoms with van der Waals surface area (Å²) in [6, 6.07) is 6.88. The highest BCUT2D eigenvalue weighted by molar-refractivity contribution is 14.0. The first-order valence-corrected chi connectivity index (χ1v) is 10.2. The number of likely N-dealkylation sites (tertiary alicyclic amines) is 1. The van der Waals surface area contributed by atoms with Gasteiger partial charge in [0.05, 0.1) is 6.10 Å². The lowest BCUT2D eigenvalue weighted by molar-refractivity contribution is 0.00993. The lowest BCUT2D eigenvalue weighted by Crippen LogP contribution is -2.47. The minimum atomic E-state index is -0.158. The number of methoxy groups -OCH3 is 1. The summed E-state index contributed by atoms with van der Waals surface area (Å²) in [5, 5.41) is 3.38. The van der Waals surface area contributed by atoms with Crippen LogP contribution in [0.25, 0.3) is 0 Å². The van der Waals surface area contributed by atoms with Gasteiger partial charge in [-0.1, -0.05) is 12.1 Å². The lowest BCUT2D eigenvalue weighted by Gasteiger charge is -2.34. The Hall–Kier alpha value is -0.580. The van der Waals surface area contributed by atoms with Gasteiger partial charge in [-0.15, -0.1) is 35.7 Å². The molecule has 0 aliphatic carbocycles. The van der Waals surface area contributed by atoms with Crippen LogP contribution in [0.3, 0.4) is 0 Å². The van der Waals surface area contributed by atoms with E-state index in [1.54, 1.807) is 20.2 Å². The van der Waals surface area contributed by atoms with Crippen LogP contribution in [0.15, 0.2) is 34.2 Å². The Labute approximate surface area is 183 Å². The average molecular weight is 511 g/mol. The molecule has 5 nitrogen and oxygen atoms in total. The first-order chi connectivity index (χ1) is 12.7. The van der Waals surface area contributed by atoms with Gasteiger partial charge in [0, 0.05) is 57.7 Å². The molecule has 1 fully saturated rings. The maximum Gasteiger partial charge on any atom is 0.193 e. The number of nitrogens with one attached hydrogen (secondary N) is 1. The highest BCUT2D eigenvalue weighted by atomic mass is 127. The number of aliphatic imine (C=N–C) groups is 1. The van der Waals surface area contributed by atoms with Crippen LogP contribution in [-0.4, -0.2) is 69.7 Å². The number of nitrogens with zero attached hydrogens (tertiary/aromatic N) is 2. The smallest absolute Gasteiger partial charge is 0.193 e. The Morgan fingerprint density at radius 1 is 1.30 bits per heavy atom. The fourth-order valence-corrected chi connectivity index (χ4v) is 3.71. The van der Waals surface area contributed by atoms with Crippen molar-refractivity contribution in [1.82, 2.24) is 10.2 Å². The topological polar surface area (TPSA) is 46.1 Å². The second kappa shape index (κ2) is 14.4. The Balaban J connectivity index is 0.00000364. The van der Waals surface area contributed by atoms with Gasteiger partial charge in [0.2, 0.25) is 0 Å². The fourth-order valence-electron chi connectivity index (χ4n) is 2.91. The predicted molar refractivity (Wildman–Crippen MR) is 121 cm³/mol. The van der Waals surface area contributed by atoms with Crippen LogP contribution in [0.4, 0.5) is 4.39 Å². The zero-order valence-electron chi connectivity index (χ0n) is 16.2. The lowest BCUT2D eigenvalue weighted by atomic mass is 10.1. The van der Waals surface area contributed by atoms with Gasteiger partial charge in [-0.25, -0.2) is 4.39 Å². The second-order valence-electron chi connectivity index (χ2n) is 6.16. The van der Waals surface area contributed by atoms with Crippen LogP contribution >= 0.6 is 35.7 Å². The van der Waals surface area contributed by atoms with Crippen molar-refractivity contribution in [2.45, 2.75) is 30.3 Å². The molecule has 0 radical (unpaired) electrons. The molecule has 1 N–H and O–H groups in total. The summed E-state index contributed by atoms with van der Waals surface area (Å²) in [5.41, 5.74) is 0. The summed E-state index contributed by atoms with van der Waals surface area (Å²) in [7, 11) is 3.52. The van der Waals surface area contributed by atoms with Crippen molar-refractivity contribution in [2.24, 2.45) is 4.99 Å². The van der Waals surface area contributed by atoms with E-state index in [0.717, 1.165) is 63.8 Å². The van der Waals surface area contributed by atoms with E-state index in [2.05, 4.69) is 15.2 Å². The minimum Gasteiger partial charge on any atom is -0.385 e. The van der Waals surface area contributed by atoms with Crippen LogP contribution in [0, 0.1) is 5.82 Å². The number of piperidine rings is 1. The first kappa shape index (κ1) is 24.5. The van der Waals surface area contributed by atoms with Gasteiger partial charge in [-0.3, -0.25) is 4.99 Å². The van der Waals surface area contributed by atoms with Crippen molar-refractivity contribution in [3.05, 3.63) is 30.1 Å². The van der Waals surface area contributed by atoms with Crippen molar-refractivity contribution < 1.29 is 13.9 Å². The molecule has 8 heteroatoms. The van der Waals surface area contributed by atoms with Crippen molar-refractivity contribution in [1.29, 1.82) is 0 Å². The SMILES string of the molecule is CN=C(NCCSc1ccccc1F)N1CCC(OCCCOC)CC1.I. The summed E-state index contributed by atoms with van der Waals surface area (Å²) in [4.78, 5) is 7.33. The molecule has 1 saturated heterocycles. The average Bonchev–Trinajstić information content (AvgIpc) is 2.67. The summed E-state index contributed by atoms with van der Waals surface area (Å²) >= 11 is 1.52. The third-order valence-corrected chi connectivity index (χ3v) is 5.33. The predicted octanol–water partition coefficient (Wildman–Crippen LogP) is 3.63. The molecule has 0 unspecified atom stereocenters. The summed E-state index contributed by atoms with van der Waals surface area (Å²) in [6.45, 7) is 4.14. The molecule has 0 bridgehead atoms. The number of halogens is 2. The third-order valence-electron chi connectivity index (χ3n) is 4.28. The van der Waals surface area contributed by atoms with Crippen molar-refractivity contribution in [3.63, 3.8) is 0 Å². The quantitative estimate of drug-likeness (QED) is 0.181. The van der Waals surface area contributed by atoms with E-state index in [9.17, 15) is 4.39 Å². The van der Waals surface area contributed by atoms with Crippen LogP contribution in [-0.2, 0) is 9.47 Å².